The highest BCUT2D eigenvalue weighted by molar-refractivity contribution is 5.84. The lowest BCUT2D eigenvalue weighted by Gasteiger charge is -2.41. The van der Waals surface area contributed by atoms with Crippen molar-refractivity contribution in [3.05, 3.63) is 78.1 Å². The first kappa shape index (κ1) is 21.8. The van der Waals surface area contributed by atoms with Crippen molar-refractivity contribution in [3.63, 3.8) is 0 Å². The normalized spacial score (nSPS) is 17.2. The van der Waals surface area contributed by atoms with E-state index in [1.165, 1.54) is 6.33 Å². The number of ether oxygens (including phenoxy) is 1. The fraction of sp³-hybridized carbons (Fsp3) is 0.346. The van der Waals surface area contributed by atoms with Crippen LogP contribution in [0, 0.1) is 6.92 Å². The minimum Gasteiger partial charge on any atom is -0.439 e. The van der Waals surface area contributed by atoms with E-state index in [-0.39, 0.29) is 17.9 Å². The Balaban J connectivity index is 1.44. The Labute approximate surface area is 189 Å². The summed E-state index contributed by atoms with van der Waals surface area (Å²) in [6, 6.07) is 19.9. The molecule has 3 aromatic rings. The maximum absolute atomic E-state index is 13.3. The molecule has 4 rings (SSSR count). The van der Waals surface area contributed by atoms with Crippen molar-refractivity contribution >= 4 is 11.7 Å². The number of anilines is 1. The molecule has 166 valence electrons. The highest BCUT2D eigenvalue weighted by Gasteiger charge is 2.32. The van der Waals surface area contributed by atoms with Gasteiger partial charge in [-0.2, -0.15) is 0 Å². The molecule has 1 fully saturated rings. The first-order valence-corrected chi connectivity index (χ1v) is 11.2. The largest absolute Gasteiger partial charge is 0.439 e. The summed E-state index contributed by atoms with van der Waals surface area (Å²) >= 11 is 0. The Hall–Kier alpha value is -3.41. The van der Waals surface area contributed by atoms with E-state index in [1.54, 1.807) is 0 Å². The number of benzene rings is 2. The molecule has 32 heavy (non-hydrogen) atoms. The Bertz CT molecular complexity index is 1060. The summed E-state index contributed by atoms with van der Waals surface area (Å²) in [6.45, 7) is 8.30. The van der Waals surface area contributed by atoms with Gasteiger partial charge in [0.15, 0.2) is 0 Å². The third-order valence-corrected chi connectivity index (χ3v) is 6.08. The Morgan fingerprint density at radius 3 is 2.56 bits per heavy atom. The summed E-state index contributed by atoms with van der Waals surface area (Å²) in [6.07, 6.45) is 2.33. The number of carbonyl (C=O) groups excluding carboxylic acids is 1. The molecular formula is C26H30N4O2. The third kappa shape index (κ3) is 4.74. The molecule has 6 heteroatoms. The van der Waals surface area contributed by atoms with E-state index >= 15 is 0 Å². The smallest absolute Gasteiger partial charge is 0.230 e. The molecule has 0 bridgehead atoms. The molecule has 0 N–H and O–H groups in total. The number of nitrogens with zero attached hydrogens (tertiary/aromatic N) is 4. The van der Waals surface area contributed by atoms with Gasteiger partial charge in [0.05, 0.1) is 5.92 Å². The van der Waals surface area contributed by atoms with Gasteiger partial charge in [-0.3, -0.25) is 4.79 Å². The van der Waals surface area contributed by atoms with Crippen molar-refractivity contribution in [3.8, 4) is 11.6 Å². The summed E-state index contributed by atoms with van der Waals surface area (Å²) in [4.78, 5) is 26.3. The van der Waals surface area contributed by atoms with E-state index in [0.717, 1.165) is 42.2 Å². The lowest BCUT2D eigenvalue weighted by molar-refractivity contribution is -0.135. The average molecular weight is 431 g/mol. The summed E-state index contributed by atoms with van der Waals surface area (Å²) < 4.78 is 5.98. The van der Waals surface area contributed by atoms with E-state index in [2.05, 4.69) is 28.7 Å². The van der Waals surface area contributed by atoms with Crippen LogP contribution in [-0.2, 0) is 4.79 Å². The van der Waals surface area contributed by atoms with E-state index in [9.17, 15) is 4.79 Å². The number of hydrogen-bond donors (Lipinski definition) is 0. The number of piperazine rings is 1. The van der Waals surface area contributed by atoms with Crippen LogP contribution in [0.4, 0.5) is 5.82 Å². The third-order valence-electron chi connectivity index (χ3n) is 6.08. The topological polar surface area (TPSA) is 58.6 Å². The van der Waals surface area contributed by atoms with Crippen molar-refractivity contribution in [2.45, 2.75) is 39.2 Å². The number of aryl methyl sites for hydroxylation is 1. The zero-order valence-electron chi connectivity index (χ0n) is 18.9. The minimum absolute atomic E-state index is 0.0877. The summed E-state index contributed by atoms with van der Waals surface area (Å²) in [7, 11) is 0. The molecule has 0 radical (unpaired) electrons. The fourth-order valence-corrected chi connectivity index (χ4v) is 4.27. The summed E-state index contributed by atoms with van der Waals surface area (Å²) in [5.41, 5.74) is 2.14. The van der Waals surface area contributed by atoms with Crippen LogP contribution >= 0.6 is 0 Å². The Morgan fingerprint density at radius 2 is 1.84 bits per heavy atom. The predicted octanol–water partition coefficient (Wildman–Crippen LogP) is 4.81. The van der Waals surface area contributed by atoms with Crippen LogP contribution < -0.4 is 9.64 Å². The Kier molecular flexibility index (Phi) is 6.69. The van der Waals surface area contributed by atoms with Gasteiger partial charge in [-0.25, -0.2) is 9.97 Å². The molecule has 0 unspecified atom stereocenters. The molecule has 2 aromatic carbocycles. The van der Waals surface area contributed by atoms with Crippen molar-refractivity contribution in [2.24, 2.45) is 0 Å². The number of carbonyl (C=O) groups is 1. The molecule has 0 saturated carbocycles. The fourth-order valence-electron chi connectivity index (χ4n) is 4.27. The summed E-state index contributed by atoms with van der Waals surface area (Å²) in [5, 5.41) is 0. The zero-order chi connectivity index (χ0) is 22.5. The zero-order valence-corrected chi connectivity index (χ0v) is 18.9. The molecule has 1 aliphatic rings. The average Bonchev–Trinajstić information content (AvgIpc) is 2.82. The predicted molar refractivity (Wildman–Crippen MR) is 126 cm³/mol. The van der Waals surface area contributed by atoms with Crippen molar-refractivity contribution in [1.29, 1.82) is 0 Å². The number of amides is 1. The second-order valence-electron chi connectivity index (χ2n) is 8.28. The molecule has 0 aliphatic carbocycles. The molecule has 1 saturated heterocycles. The molecule has 6 nitrogen and oxygen atoms in total. The monoisotopic (exact) mass is 430 g/mol. The lowest BCUT2D eigenvalue weighted by Crippen LogP contribution is -2.55. The van der Waals surface area contributed by atoms with Crippen molar-refractivity contribution < 1.29 is 9.53 Å². The number of hydrogen-bond acceptors (Lipinski definition) is 5. The van der Waals surface area contributed by atoms with Gasteiger partial charge in [-0.05, 0) is 37.5 Å². The van der Waals surface area contributed by atoms with Crippen LogP contribution in [0.1, 0.15) is 37.3 Å². The number of rotatable bonds is 6. The van der Waals surface area contributed by atoms with Crippen molar-refractivity contribution in [1.82, 2.24) is 14.9 Å². The molecule has 1 aliphatic heterocycles. The molecule has 2 atom stereocenters. The first-order valence-electron chi connectivity index (χ1n) is 11.2. The summed E-state index contributed by atoms with van der Waals surface area (Å²) in [5.74, 6) is 2.23. The van der Waals surface area contributed by atoms with Gasteiger partial charge in [-0.1, -0.05) is 55.5 Å². The molecule has 2 heterocycles. The molecular weight excluding hydrogens is 400 g/mol. The van der Waals surface area contributed by atoms with Crippen LogP contribution in [-0.4, -0.2) is 46.5 Å². The maximum Gasteiger partial charge on any atom is 0.230 e. The van der Waals surface area contributed by atoms with E-state index in [0.29, 0.717) is 12.4 Å². The van der Waals surface area contributed by atoms with Crippen LogP contribution in [0.5, 0.6) is 11.6 Å². The maximum atomic E-state index is 13.3. The number of aromatic nitrogens is 2. The second kappa shape index (κ2) is 9.81. The lowest BCUT2D eigenvalue weighted by atomic mass is 9.94. The van der Waals surface area contributed by atoms with Gasteiger partial charge in [0, 0.05) is 31.7 Å². The van der Waals surface area contributed by atoms with E-state index in [4.69, 9.17) is 4.74 Å². The van der Waals surface area contributed by atoms with Gasteiger partial charge in [-0.15, -0.1) is 0 Å². The molecule has 1 amide bonds. The van der Waals surface area contributed by atoms with Crippen molar-refractivity contribution in [2.75, 3.05) is 24.5 Å². The highest BCUT2D eigenvalue weighted by atomic mass is 16.5. The van der Waals surface area contributed by atoms with Gasteiger partial charge in [0.2, 0.25) is 11.8 Å². The molecule has 0 spiro atoms. The van der Waals surface area contributed by atoms with Crippen LogP contribution in [0.3, 0.4) is 0 Å². The van der Waals surface area contributed by atoms with Crippen LogP contribution in [0.15, 0.2) is 67.0 Å². The van der Waals surface area contributed by atoms with Crippen LogP contribution in [0.25, 0.3) is 0 Å². The van der Waals surface area contributed by atoms with Gasteiger partial charge in [0.25, 0.3) is 0 Å². The van der Waals surface area contributed by atoms with E-state index < -0.39 is 0 Å². The van der Waals surface area contributed by atoms with Gasteiger partial charge < -0.3 is 14.5 Å². The highest BCUT2D eigenvalue weighted by Crippen LogP contribution is 2.28. The number of para-hydroxylation sites is 1. The quantitative estimate of drug-likeness (QED) is 0.562. The second-order valence-corrected chi connectivity index (χ2v) is 8.28. The SMILES string of the molecule is CC[C@@H](C(=O)N1CCN(c2cc(Oc3ccccc3C)ncn2)C[C@H]1C)c1ccccc1. The first-order chi connectivity index (χ1) is 15.6. The minimum atomic E-state index is -0.0987. The standard InChI is InChI=1S/C26H30N4O2/c1-4-22(21-11-6-5-7-12-21)26(31)30-15-14-29(17-20(30)3)24-16-25(28-18-27-24)32-23-13-9-8-10-19(23)2/h5-13,16,18,20,22H,4,14-15,17H2,1-3H3/t20-,22-/m1/s1. The Morgan fingerprint density at radius 1 is 1.09 bits per heavy atom. The molecule has 1 aromatic heterocycles. The van der Waals surface area contributed by atoms with Gasteiger partial charge in [0.1, 0.15) is 17.9 Å². The van der Waals surface area contributed by atoms with Crippen LogP contribution in [0.2, 0.25) is 0 Å². The van der Waals surface area contributed by atoms with Gasteiger partial charge >= 0.3 is 0 Å². The van der Waals surface area contributed by atoms with E-state index in [1.807, 2.05) is 72.5 Å².